The van der Waals surface area contributed by atoms with Gasteiger partial charge in [-0.3, -0.25) is 0 Å². The van der Waals surface area contributed by atoms with Crippen molar-refractivity contribution in [1.29, 1.82) is 0 Å². The van der Waals surface area contributed by atoms with E-state index in [1.807, 2.05) is 0 Å². The number of rotatable bonds is 2. The lowest BCUT2D eigenvalue weighted by Gasteiger charge is -2.19. The number of alkyl halides is 5. The van der Waals surface area contributed by atoms with Crippen LogP contribution in [-0.2, 0) is 5.92 Å². The molecule has 0 aliphatic heterocycles. The molecule has 0 saturated heterocycles. The molecule has 1 aromatic carbocycles. The molecule has 0 spiro atoms. The van der Waals surface area contributed by atoms with Crippen LogP contribution in [0.1, 0.15) is 5.56 Å². The van der Waals surface area contributed by atoms with E-state index in [1.165, 1.54) is 7.05 Å². The predicted molar refractivity (Wildman–Crippen MR) is 45.9 cm³/mol. The van der Waals surface area contributed by atoms with Gasteiger partial charge >= 0.3 is 12.1 Å². The van der Waals surface area contributed by atoms with Gasteiger partial charge in [0.1, 0.15) is 0 Å². The maximum Gasteiger partial charge on any atom is 0.458 e. The van der Waals surface area contributed by atoms with Crippen molar-refractivity contribution in [2.75, 3.05) is 12.4 Å². The van der Waals surface area contributed by atoms with Gasteiger partial charge in [-0.2, -0.15) is 22.0 Å². The summed E-state index contributed by atoms with van der Waals surface area (Å²) in [5.41, 5.74) is -0.592. The van der Waals surface area contributed by atoms with E-state index in [-0.39, 0.29) is 0 Å². The molecule has 0 aromatic heterocycles. The van der Waals surface area contributed by atoms with Crippen molar-refractivity contribution in [3.63, 3.8) is 0 Å². The van der Waals surface area contributed by atoms with Crippen LogP contribution in [0.15, 0.2) is 24.3 Å². The van der Waals surface area contributed by atoms with Crippen molar-refractivity contribution in [3.8, 4) is 0 Å². The Balaban J connectivity index is 3.06. The molecule has 0 fully saturated rings. The molecule has 0 amide bonds. The first-order chi connectivity index (χ1) is 6.79. The molecule has 1 aromatic rings. The third-order valence-electron chi connectivity index (χ3n) is 1.89. The molecule has 0 heterocycles. The highest BCUT2D eigenvalue weighted by Gasteiger charge is 2.58. The maximum absolute atomic E-state index is 12.8. The Morgan fingerprint density at radius 2 is 1.40 bits per heavy atom. The van der Waals surface area contributed by atoms with Crippen LogP contribution < -0.4 is 5.32 Å². The van der Waals surface area contributed by atoms with Crippen molar-refractivity contribution in [2.45, 2.75) is 12.1 Å². The van der Waals surface area contributed by atoms with Gasteiger partial charge in [0.05, 0.1) is 0 Å². The van der Waals surface area contributed by atoms with Gasteiger partial charge in [0.25, 0.3) is 0 Å². The van der Waals surface area contributed by atoms with Crippen LogP contribution in [0.25, 0.3) is 0 Å². The maximum atomic E-state index is 12.8. The van der Waals surface area contributed by atoms with Gasteiger partial charge < -0.3 is 5.32 Å². The normalized spacial score (nSPS) is 12.7. The molecule has 0 saturated carbocycles. The second kappa shape index (κ2) is 3.67. The van der Waals surface area contributed by atoms with E-state index in [4.69, 9.17) is 0 Å². The Bertz CT molecular complexity index is 327. The third-order valence-corrected chi connectivity index (χ3v) is 1.89. The Morgan fingerprint density at radius 1 is 0.933 bits per heavy atom. The summed E-state index contributed by atoms with van der Waals surface area (Å²) in [5, 5.41) is 2.62. The highest BCUT2D eigenvalue weighted by atomic mass is 19.4. The zero-order valence-corrected chi connectivity index (χ0v) is 7.70. The average Bonchev–Trinajstić information content (AvgIpc) is 2.16. The number of halogens is 5. The van der Waals surface area contributed by atoms with Crippen LogP contribution in [0.5, 0.6) is 0 Å². The monoisotopic (exact) mass is 225 g/mol. The van der Waals surface area contributed by atoms with E-state index in [1.54, 1.807) is 0 Å². The van der Waals surface area contributed by atoms with Crippen LogP contribution in [0.4, 0.5) is 27.6 Å². The Labute approximate surface area is 82.9 Å². The van der Waals surface area contributed by atoms with Gasteiger partial charge in [0.2, 0.25) is 0 Å². The largest absolute Gasteiger partial charge is 0.458 e. The van der Waals surface area contributed by atoms with E-state index in [9.17, 15) is 22.0 Å². The molecule has 0 aliphatic rings. The fourth-order valence-electron chi connectivity index (χ4n) is 1.01. The molecule has 0 unspecified atom stereocenters. The number of anilines is 1. The smallest absolute Gasteiger partial charge is 0.388 e. The fourth-order valence-corrected chi connectivity index (χ4v) is 1.01. The first kappa shape index (κ1) is 11.7. The predicted octanol–water partition coefficient (Wildman–Crippen LogP) is 3.38. The molecule has 1 nitrogen and oxygen atoms in total. The first-order valence-electron chi connectivity index (χ1n) is 4.02. The van der Waals surface area contributed by atoms with Crippen LogP contribution in [0, 0.1) is 0 Å². The van der Waals surface area contributed by atoms with Gasteiger partial charge in [-0.15, -0.1) is 0 Å². The molecule has 0 radical (unpaired) electrons. The van der Waals surface area contributed by atoms with E-state index >= 15 is 0 Å². The van der Waals surface area contributed by atoms with Crippen molar-refractivity contribution in [2.24, 2.45) is 0 Å². The lowest BCUT2D eigenvalue weighted by Crippen LogP contribution is -2.33. The third kappa shape index (κ3) is 2.19. The summed E-state index contributed by atoms with van der Waals surface area (Å²) in [7, 11) is 1.54. The summed E-state index contributed by atoms with van der Waals surface area (Å²) >= 11 is 0. The highest BCUT2D eigenvalue weighted by Crippen LogP contribution is 2.43. The van der Waals surface area contributed by atoms with Gasteiger partial charge in [-0.25, -0.2) is 0 Å². The molecular weight excluding hydrogens is 217 g/mol. The standard InChI is InChI=1S/C9H8F5N/c1-15-7-4-2-6(3-5-7)8(10,11)9(12,13)14/h2-5,15H,1H3. The average molecular weight is 225 g/mol. The second-order valence-corrected chi connectivity index (χ2v) is 2.90. The fraction of sp³-hybridized carbons (Fsp3) is 0.333. The number of nitrogens with one attached hydrogen (secondary N) is 1. The van der Waals surface area contributed by atoms with Crippen LogP contribution in [0.2, 0.25) is 0 Å². The van der Waals surface area contributed by atoms with Crippen molar-refractivity contribution < 1.29 is 22.0 Å². The molecule has 84 valence electrons. The van der Waals surface area contributed by atoms with E-state index in [0.29, 0.717) is 5.69 Å². The van der Waals surface area contributed by atoms with Crippen molar-refractivity contribution in [3.05, 3.63) is 29.8 Å². The summed E-state index contributed by atoms with van der Waals surface area (Å²) in [6, 6.07) is 3.82. The number of benzene rings is 1. The zero-order valence-electron chi connectivity index (χ0n) is 7.70. The quantitative estimate of drug-likeness (QED) is 0.761. The topological polar surface area (TPSA) is 12.0 Å². The van der Waals surface area contributed by atoms with E-state index in [2.05, 4.69) is 5.32 Å². The van der Waals surface area contributed by atoms with Crippen molar-refractivity contribution in [1.82, 2.24) is 0 Å². The summed E-state index contributed by atoms with van der Waals surface area (Å²) in [4.78, 5) is 0. The zero-order chi connectivity index (χ0) is 11.7. The minimum absolute atomic E-state index is 0.469. The van der Waals surface area contributed by atoms with Gasteiger partial charge in [-0.1, -0.05) is 12.1 Å². The Kier molecular flexibility index (Phi) is 2.88. The first-order valence-corrected chi connectivity index (χ1v) is 4.02. The van der Waals surface area contributed by atoms with Crippen LogP contribution in [0.3, 0.4) is 0 Å². The summed E-state index contributed by atoms with van der Waals surface area (Å²) in [6.07, 6.45) is -5.56. The lowest BCUT2D eigenvalue weighted by molar-refractivity contribution is -0.289. The van der Waals surface area contributed by atoms with Gasteiger partial charge in [-0.05, 0) is 12.1 Å². The molecular formula is C9H8F5N. The molecule has 0 aliphatic carbocycles. The summed E-state index contributed by atoms with van der Waals surface area (Å²) in [6.45, 7) is 0. The minimum atomic E-state index is -5.56. The minimum Gasteiger partial charge on any atom is -0.388 e. The molecule has 6 heteroatoms. The Hall–Kier alpha value is -1.33. The molecule has 1 rings (SSSR count). The summed E-state index contributed by atoms with van der Waals surface area (Å²) < 4.78 is 61.3. The molecule has 1 N–H and O–H groups in total. The van der Waals surface area contributed by atoms with E-state index in [0.717, 1.165) is 24.3 Å². The van der Waals surface area contributed by atoms with Crippen molar-refractivity contribution >= 4 is 5.69 Å². The van der Waals surface area contributed by atoms with Gasteiger partial charge in [0, 0.05) is 18.3 Å². The number of hydrogen-bond donors (Lipinski definition) is 1. The highest BCUT2D eigenvalue weighted by molar-refractivity contribution is 5.44. The van der Waals surface area contributed by atoms with Gasteiger partial charge in [0.15, 0.2) is 0 Å². The van der Waals surface area contributed by atoms with Crippen LogP contribution in [-0.4, -0.2) is 13.2 Å². The molecule has 0 atom stereocenters. The SMILES string of the molecule is CNc1ccc(C(F)(F)C(F)(F)F)cc1. The van der Waals surface area contributed by atoms with E-state index < -0.39 is 17.7 Å². The van der Waals surface area contributed by atoms with Crippen LogP contribution >= 0.6 is 0 Å². The molecule has 15 heavy (non-hydrogen) atoms. The summed E-state index contributed by atoms with van der Waals surface area (Å²) in [5.74, 6) is -4.81. The second-order valence-electron chi connectivity index (χ2n) is 2.90. The number of hydrogen-bond acceptors (Lipinski definition) is 1. The molecule has 0 bridgehead atoms. The lowest BCUT2D eigenvalue weighted by atomic mass is 10.1. The Morgan fingerprint density at radius 3 is 1.73 bits per heavy atom.